The monoisotopic (exact) mass is 335 g/mol. The van der Waals surface area contributed by atoms with Crippen molar-refractivity contribution in [2.45, 2.75) is 39.7 Å². The van der Waals surface area contributed by atoms with Crippen molar-refractivity contribution in [2.24, 2.45) is 21.7 Å². The predicted octanol–water partition coefficient (Wildman–Crippen LogP) is 3.46. The largest absolute Gasteiger partial charge is 0.382 e. The highest BCUT2D eigenvalue weighted by Gasteiger charge is 2.14. The Morgan fingerprint density at radius 1 is 1.16 bits per heavy atom. The van der Waals surface area contributed by atoms with Gasteiger partial charge in [0.2, 0.25) is 0 Å². The summed E-state index contributed by atoms with van der Waals surface area (Å²) in [4.78, 5) is 4.81. The molecule has 1 aliphatic rings. The second-order valence-electron chi connectivity index (χ2n) is 6.67. The fourth-order valence-corrected chi connectivity index (χ4v) is 3.08. The summed E-state index contributed by atoms with van der Waals surface area (Å²) in [5.74, 6) is 5.59. The lowest BCUT2D eigenvalue weighted by molar-refractivity contribution is 0.681. The van der Waals surface area contributed by atoms with E-state index < -0.39 is 0 Å². The summed E-state index contributed by atoms with van der Waals surface area (Å²) in [6, 6.07) is 12.9. The molecule has 0 aromatic heterocycles. The van der Waals surface area contributed by atoms with Gasteiger partial charge in [-0.15, -0.1) is 0 Å². The lowest BCUT2D eigenvalue weighted by Crippen LogP contribution is -2.22. The van der Waals surface area contributed by atoms with Crippen molar-refractivity contribution >= 4 is 22.9 Å². The quantitative estimate of drug-likeness (QED) is 0.347. The number of amidine groups is 1. The van der Waals surface area contributed by atoms with Crippen LogP contribution in [0.25, 0.3) is 0 Å². The van der Waals surface area contributed by atoms with E-state index in [1.54, 1.807) is 0 Å². The predicted molar refractivity (Wildman–Crippen MR) is 106 cm³/mol. The van der Waals surface area contributed by atoms with Gasteiger partial charge >= 0.3 is 0 Å². The molecule has 0 spiro atoms. The van der Waals surface area contributed by atoms with Gasteiger partial charge in [-0.2, -0.15) is 5.10 Å². The second-order valence-corrected chi connectivity index (χ2v) is 6.67. The molecule has 0 saturated carbocycles. The SMILES string of the molecule is CC(=Nc1cc(/C(N)=N/N)ccc1C)c1ccc2c(c1)CCC(C)N2. The summed E-state index contributed by atoms with van der Waals surface area (Å²) in [6.45, 7) is 6.28. The van der Waals surface area contributed by atoms with Crippen LogP contribution in [0.5, 0.6) is 0 Å². The number of rotatable bonds is 3. The normalized spacial score (nSPS) is 17.8. The lowest BCUT2D eigenvalue weighted by atomic mass is 9.96. The average molecular weight is 335 g/mol. The van der Waals surface area contributed by atoms with E-state index in [2.05, 4.69) is 35.5 Å². The smallest absolute Gasteiger partial charge is 0.150 e. The number of hydrazone groups is 1. The van der Waals surface area contributed by atoms with Gasteiger partial charge in [0, 0.05) is 23.0 Å². The van der Waals surface area contributed by atoms with E-state index in [1.807, 2.05) is 32.0 Å². The Morgan fingerprint density at radius 3 is 2.68 bits per heavy atom. The zero-order valence-corrected chi connectivity index (χ0v) is 15.0. The van der Waals surface area contributed by atoms with Crippen LogP contribution in [-0.2, 0) is 6.42 Å². The zero-order chi connectivity index (χ0) is 18.0. The van der Waals surface area contributed by atoms with Crippen LogP contribution in [0.2, 0.25) is 0 Å². The minimum atomic E-state index is 0.308. The maximum absolute atomic E-state index is 5.81. The van der Waals surface area contributed by atoms with Gasteiger partial charge in [-0.3, -0.25) is 4.99 Å². The molecule has 0 bridgehead atoms. The third-order valence-corrected chi connectivity index (χ3v) is 4.70. The van der Waals surface area contributed by atoms with Gasteiger partial charge in [-0.25, -0.2) is 0 Å². The van der Waals surface area contributed by atoms with E-state index in [4.69, 9.17) is 16.6 Å². The molecule has 5 nitrogen and oxygen atoms in total. The average Bonchev–Trinajstić information content (AvgIpc) is 2.62. The van der Waals surface area contributed by atoms with Gasteiger partial charge in [-0.05, 0) is 68.5 Å². The fraction of sp³-hybridized carbons (Fsp3) is 0.300. The molecule has 1 aliphatic heterocycles. The molecule has 0 fully saturated rings. The fourth-order valence-electron chi connectivity index (χ4n) is 3.08. The van der Waals surface area contributed by atoms with E-state index in [1.165, 1.54) is 11.3 Å². The van der Waals surface area contributed by atoms with Crippen LogP contribution >= 0.6 is 0 Å². The Kier molecular flexibility index (Phi) is 4.74. The third kappa shape index (κ3) is 3.65. The van der Waals surface area contributed by atoms with Crippen LogP contribution in [0.4, 0.5) is 11.4 Å². The number of nitrogens with zero attached hydrogens (tertiary/aromatic N) is 2. The summed E-state index contributed by atoms with van der Waals surface area (Å²) in [5.41, 5.74) is 13.3. The van der Waals surface area contributed by atoms with Gasteiger partial charge in [0.1, 0.15) is 5.84 Å². The van der Waals surface area contributed by atoms with Gasteiger partial charge in [0.05, 0.1) is 5.69 Å². The molecule has 1 heterocycles. The number of hydrogen-bond acceptors (Lipinski definition) is 4. The molecule has 2 aromatic rings. The third-order valence-electron chi connectivity index (χ3n) is 4.70. The van der Waals surface area contributed by atoms with Crippen LogP contribution in [0.1, 0.15) is 42.5 Å². The molecule has 130 valence electrons. The topological polar surface area (TPSA) is 88.8 Å². The Morgan fingerprint density at radius 2 is 1.92 bits per heavy atom. The summed E-state index contributed by atoms with van der Waals surface area (Å²) < 4.78 is 0. The molecule has 3 rings (SSSR count). The molecule has 2 aromatic carbocycles. The molecule has 0 radical (unpaired) electrons. The first kappa shape index (κ1) is 17.0. The zero-order valence-electron chi connectivity index (χ0n) is 15.0. The Bertz CT molecular complexity index is 851. The highest BCUT2D eigenvalue weighted by molar-refractivity contribution is 6.02. The number of hydrogen-bond donors (Lipinski definition) is 3. The van der Waals surface area contributed by atoms with Crippen LogP contribution in [0, 0.1) is 6.92 Å². The van der Waals surface area contributed by atoms with Gasteiger partial charge in [0.15, 0.2) is 0 Å². The van der Waals surface area contributed by atoms with E-state index >= 15 is 0 Å². The Labute approximate surface area is 148 Å². The molecule has 0 aliphatic carbocycles. The van der Waals surface area contributed by atoms with Crippen molar-refractivity contribution in [1.82, 2.24) is 0 Å². The van der Waals surface area contributed by atoms with Crippen molar-refractivity contribution in [3.63, 3.8) is 0 Å². The second kappa shape index (κ2) is 6.97. The molecule has 0 amide bonds. The summed E-state index contributed by atoms with van der Waals surface area (Å²) in [5, 5.41) is 7.09. The van der Waals surface area contributed by atoms with Gasteiger partial charge in [0.25, 0.3) is 0 Å². The van der Waals surface area contributed by atoms with Crippen molar-refractivity contribution in [2.75, 3.05) is 5.32 Å². The highest BCUT2D eigenvalue weighted by atomic mass is 15.2. The standard InChI is InChI=1S/C20H25N5/c1-12-4-6-17(20(21)25-22)11-19(12)24-14(3)15-8-9-18-16(10-15)7-5-13(2)23-18/h4,6,8-11,13,23H,5,7,22H2,1-3H3,(H2,21,25). The summed E-state index contributed by atoms with van der Waals surface area (Å²) >= 11 is 0. The molecule has 25 heavy (non-hydrogen) atoms. The van der Waals surface area contributed by atoms with Crippen molar-refractivity contribution in [3.8, 4) is 0 Å². The van der Waals surface area contributed by atoms with E-state index in [0.717, 1.165) is 40.9 Å². The van der Waals surface area contributed by atoms with Crippen LogP contribution in [0.15, 0.2) is 46.5 Å². The Hall–Kier alpha value is -2.82. The number of fused-ring (bicyclic) bond motifs is 1. The molecule has 1 atom stereocenters. The number of nitrogens with one attached hydrogen (secondary N) is 1. The summed E-state index contributed by atoms with van der Waals surface area (Å²) in [6.07, 6.45) is 2.26. The molecule has 0 saturated heterocycles. The maximum atomic E-state index is 5.81. The Balaban J connectivity index is 1.94. The highest BCUT2D eigenvalue weighted by Crippen LogP contribution is 2.27. The first-order valence-corrected chi connectivity index (χ1v) is 8.57. The number of nitrogens with two attached hydrogens (primary N) is 2. The minimum absolute atomic E-state index is 0.308. The molecule has 5 N–H and O–H groups in total. The molecule has 1 unspecified atom stereocenters. The van der Waals surface area contributed by atoms with E-state index in [9.17, 15) is 0 Å². The van der Waals surface area contributed by atoms with Gasteiger partial charge in [-0.1, -0.05) is 18.2 Å². The lowest BCUT2D eigenvalue weighted by Gasteiger charge is -2.24. The van der Waals surface area contributed by atoms with Crippen LogP contribution < -0.4 is 16.9 Å². The van der Waals surface area contributed by atoms with Crippen molar-refractivity contribution in [3.05, 3.63) is 58.7 Å². The summed E-state index contributed by atoms with van der Waals surface area (Å²) in [7, 11) is 0. The van der Waals surface area contributed by atoms with Crippen LogP contribution in [0.3, 0.4) is 0 Å². The minimum Gasteiger partial charge on any atom is -0.382 e. The molecule has 5 heteroatoms. The first-order chi connectivity index (χ1) is 12.0. The van der Waals surface area contributed by atoms with Crippen molar-refractivity contribution in [1.29, 1.82) is 0 Å². The number of anilines is 1. The number of benzene rings is 2. The van der Waals surface area contributed by atoms with Crippen molar-refractivity contribution < 1.29 is 0 Å². The maximum Gasteiger partial charge on any atom is 0.150 e. The van der Waals surface area contributed by atoms with Gasteiger partial charge < -0.3 is 16.9 Å². The van der Waals surface area contributed by atoms with E-state index in [0.29, 0.717) is 11.9 Å². The number of aryl methyl sites for hydroxylation is 2. The number of aliphatic imine (C=N–C) groups is 1. The molecular formula is C20H25N5. The molecular weight excluding hydrogens is 310 g/mol. The first-order valence-electron chi connectivity index (χ1n) is 8.57. The van der Waals surface area contributed by atoms with Crippen LogP contribution in [-0.4, -0.2) is 17.6 Å². The van der Waals surface area contributed by atoms with E-state index in [-0.39, 0.29) is 0 Å².